The Morgan fingerprint density at radius 2 is 1.29 bits per heavy atom. The van der Waals surface area contributed by atoms with Gasteiger partial charge in [0.05, 0.1) is 27.4 Å². The summed E-state index contributed by atoms with van der Waals surface area (Å²) in [5, 5.41) is -1.13. The molecule has 0 radical (unpaired) electrons. The first-order valence-corrected chi connectivity index (χ1v) is 14.0. The van der Waals surface area contributed by atoms with Crippen LogP contribution in [0.25, 0.3) is 55.0 Å². The third-order valence-corrected chi connectivity index (χ3v) is 7.95. The van der Waals surface area contributed by atoms with Crippen LogP contribution in [-0.2, 0) is 5.41 Å². The van der Waals surface area contributed by atoms with Crippen LogP contribution in [0.5, 0.6) is 0 Å². The van der Waals surface area contributed by atoms with Crippen LogP contribution in [-0.4, -0.2) is 0 Å². The van der Waals surface area contributed by atoms with E-state index in [1.165, 1.54) is 12.1 Å². The van der Waals surface area contributed by atoms with E-state index >= 15 is 0 Å². The number of anilines is 3. The number of nitrogens with zero attached hydrogens (tertiary/aromatic N) is 1. The number of fused-ring (bicyclic) bond motifs is 7. The van der Waals surface area contributed by atoms with Gasteiger partial charge < -0.3 is 9.32 Å². The van der Waals surface area contributed by atoms with Crippen molar-refractivity contribution in [2.75, 3.05) is 4.90 Å². The number of benzene rings is 7. The average Bonchev–Trinajstić information content (AvgIpc) is 3.80. The Labute approximate surface area is 290 Å². The molecule has 214 valence electrons. The van der Waals surface area contributed by atoms with Crippen molar-refractivity contribution in [1.82, 2.24) is 0 Å². The molecule has 0 amide bonds. The third-order valence-electron chi connectivity index (χ3n) is 7.95. The highest BCUT2D eigenvalue weighted by Crippen LogP contribution is 2.52. The molecule has 7 aromatic carbocycles. The molecule has 0 fully saturated rings. The largest absolute Gasteiger partial charge is 0.456 e. The molecular weight excluding hydrogens is 546 g/mol. The van der Waals surface area contributed by atoms with E-state index in [-0.39, 0.29) is 55.9 Å². The molecule has 45 heavy (non-hydrogen) atoms. The van der Waals surface area contributed by atoms with Gasteiger partial charge in [-0.05, 0) is 105 Å². The van der Waals surface area contributed by atoms with Crippen molar-refractivity contribution in [1.29, 1.82) is 0 Å². The van der Waals surface area contributed by atoms with Gasteiger partial charge in [-0.3, -0.25) is 0 Å². The Balaban J connectivity index is 1.38. The summed E-state index contributed by atoms with van der Waals surface area (Å²) in [5.74, 6) is 0. The van der Waals surface area contributed by atoms with Gasteiger partial charge in [-0.15, -0.1) is 0 Å². The highest BCUT2D eigenvalue weighted by atomic mass is 16.3. The second kappa shape index (κ2) is 9.70. The van der Waals surface area contributed by atoms with E-state index in [0.717, 1.165) is 4.90 Å². The summed E-state index contributed by atoms with van der Waals surface area (Å²) in [4.78, 5) is 1.11. The van der Waals surface area contributed by atoms with Gasteiger partial charge >= 0.3 is 0 Å². The first-order chi connectivity index (χ1) is 30.4. The van der Waals surface area contributed by atoms with Crippen molar-refractivity contribution in [2.24, 2.45) is 0 Å². The van der Waals surface area contributed by atoms with E-state index in [0.29, 0.717) is 0 Å². The maximum absolute atomic E-state index is 9.92. The van der Waals surface area contributed by atoms with Gasteiger partial charge in [-0.1, -0.05) is 105 Å². The molecule has 1 heterocycles. The number of rotatable bonds is 4. The van der Waals surface area contributed by atoms with Gasteiger partial charge in [-0.25, -0.2) is 0 Å². The van der Waals surface area contributed by atoms with Crippen LogP contribution in [0.15, 0.2) is 156 Å². The fourth-order valence-corrected chi connectivity index (χ4v) is 5.76. The second-order valence-corrected chi connectivity index (χ2v) is 11.0. The Morgan fingerprint density at radius 3 is 2.18 bits per heavy atom. The molecule has 0 atom stereocenters. The summed E-state index contributed by atoms with van der Waals surface area (Å²) in [6.07, 6.45) is 0. The van der Waals surface area contributed by atoms with Crippen molar-refractivity contribution < 1.29 is 31.8 Å². The topological polar surface area (TPSA) is 16.4 Å². The molecule has 0 spiro atoms. The summed E-state index contributed by atoms with van der Waals surface area (Å²) in [7, 11) is 0. The van der Waals surface area contributed by atoms with Crippen molar-refractivity contribution in [3.05, 3.63) is 162 Å². The fraction of sp³-hybridized carbons (Fsp3) is 0.0698. The molecule has 0 saturated heterocycles. The lowest BCUT2D eigenvalue weighted by Crippen LogP contribution is -2.16. The highest BCUT2D eigenvalue weighted by Gasteiger charge is 2.37. The minimum absolute atomic E-state index is 0.0373. The normalized spacial score (nSPS) is 19.5. The Bertz CT molecular complexity index is 3530. The first-order valence-electron chi connectivity index (χ1n) is 24.0. The van der Waals surface area contributed by atoms with Crippen molar-refractivity contribution in [3.8, 4) is 22.3 Å². The monoisotopic (exact) mass is 597 g/mol. The molecule has 8 aromatic rings. The molecule has 1 aliphatic rings. The summed E-state index contributed by atoms with van der Waals surface area (Å²) in [5.41, 5.74) is -4.04. The average molecular weight is 598 g/mol. The lowest BCUT2D eigenvalue weighted by Gasteiger charge is -2.28. The molecule has 0 bridgehead atoms. The molecule has 0 unspecified atom stereocenters. The zero-order chi connectivity index (χ0) is 47.5. The van der Waals surface area contributed by atoms with Crippen molar-refractivity contribution in [2.45, 2.75) is 19.3 Å². The SMILES string of the molecule is [2H]c1c([2H])c(-c2c([2H])c([2H])c3c([2H])c([2H])c([2H])c([2H])c3c2[2H])c([2H])c(N(c2ccccc2)c2c([2H])c([2H])c3c(c2[2H])C(C)(C)c2c-3c([2H])c3oc4c([2H])c([2H])c([2H])c([2H])c4c3c2[2H])c1[2H]. The summed E-state index contributed by atoms with van der Waals surface area (Å²) in [6, 6.07) is -5.16. The Hall–Kier alpha value is -5.60. The first kappa shape index (κ1) is 12.8. The van der Waals surface area contributed by atoms with Crippen LogP contribution in [0.3, 0.4) is 0 Å². The molecule has 2 heteroatoms. The third kappa shape index (κ3) is 4.03. The molecule has 0 saturated carbocycles. The number of para-hydroxylation sites is 2. The maximum atomic E-state index is 9.92. The smallest absolute Gasteiger partial charge is 0.136 e. The second-order valence-electron chi connectivity index (χ2n) is 11.0. The lowest BCUT2D eigenvalue weighted by molar-refractivity contribution is 0.658. The van der Waals surface area contributed by atoms with E-state index in [2.05, 4.69) is 0 Å². The van der Waals surface area contributed by atoms with Crippen LogP contribution in [0.1, 0.15) is 52.4 Å². The van der Waals surface area contributed by atoms with Crippen LogP contribution < -0.4 is 4.90 Å². The molecular formula is C43H31NO. The fourth-order valence-electron chi connectivity index (χ4n) is 5.76. The van der Waals surface area contributed by atoms with Crippen LogP contribution in [0.2, 0.25) is 0 Å². The molecule has 2 nitrogen and oxygen atoms in total. The van der Waals surface area contributed by atoms with Crippen LogP contribution in [0.4, 0.5) is 17.1 Å². The zero-order valence-corrected chi connectivity index (χ0v) is 23.7. The minimum Gasteiger partial charge on any atom is -0.456 e. The predicted molar refractivity (Wildman–Crippen MR) is 189 cm³/mol. The van der Waals surface area contributed by atoms with Gasteiger partial charge in [0.15, 0.2) is 0 Å². The van der Waals surface area contributed by atoms with Gasteiger partial charge in [-0.2, -0.15) is 0 Å². The molecule has 1 aliphatic carbocycles. The van der Waals surface area contributed by atoms with Crippen LogP contribution in [0, 0.1) is 0 Å². The quantitative estimate of drug-likeness (QED) is 0.201. The lowest BCUT2D eigenvalue weighted by atomic mass is 9.82. The van der Waals surface area contributed by atoms with E-state index < -0.39 is 153 Å². The predicted octanol–water partition coefficient (Wildman–Crippen LogP) is 12.2. The van der Waals surface area contributed by atoms with E-state index in [1.807, 2.05) is 0 Å². The van der Waals surface area contributed by atoms with E-state index in [1.54, 1.807) is 32.0 Å². The van der Waals surface area contributed by atoms with Gasteiger partial charge in [0.25, 0.3) is 0 Å². The summed E-state index contributed by atoms with van der Waals surface area (Å²) < 4.78 is 185. The van der Waals surface area contributed by atoms with E-state index in [9.17, 15) is 11.0 Å². The van der Waals surface area contributed by atoms with E-state index in [4.69, 9.17) is 20.9 Å². The maximum Gasteiger partial charge on any atom is 0.136 e. The van der Waals surface area contributed by atoms with Crippen LogP contribution >= 0.6 is 0 Å². The standard InChI is InChI=1S/C43H31NO/c1-43(2)39-25-34(21-22-35(39)37-27-42-38(26-40(37)43)36-17-8-9-18-41(36)45-42)44(32-14-4-3-5-15-32)33-16-10-13-30(24-33)31-20-19-28-11-6-7-12-29(28)23-31/h3-27H,1-2H3/i6D,7D,8D,9D,10D,11D,12D,13D,16D,17D,18D,19D,20D,21D,22D,23D,24D,25D,26D,27D. The molecule has 1 aromatic heterocycles. The Morgan fingerprint density at radius 1 is 0.533 bits per heavy atom. The van der Waals surface area contributed by atoms with Crippen molar-refractivity contribution in [3.63, 3.8) is 0 Å². The van der Waals surface area contributed by atoms with Crippen molar-refractivity contribution >= 4 is 49.8 Å². The number of hydrogen-bond donors (Lipinski definition) is 0. The summed E-state index contributed by atoms with van der Waals surface area (Å²) >= 11 is 0. The molecule has 9 rings (SSSR count). The van der Waals surface area contributed by atoms with Gasteiger partial charge in [0, 0.05) is 33.2 Å². The number of furan rings is 1. The molecule has 0 N–H and O–H groups in total. The number of hydrogen-bond acceptors (Lipinski definition) is 2. The summed E-state index contributed by atoms with van der Waals surface area (Å²) in [6.45, 7) is 3.24. The minimum atomic E-state index is -1.45. The van der Waals surface area contributed by atoms with Gasteiger partial charge in [0.2, 0.25) is 0 Å². The Kier molecular flexibility index (Phi) is 2.76. The molecule has 0 aliphatic heterocycles. The zero-order valence-electron chi connectivity index (χ0n) is 43.7. The highest BCUT2D eigenvalue weighted by molar-refractivity contribution is 6.07. The van der Waals surface area contributed by atoms with Gasteiger partial charge in [0.1, 0.15) is 11.2 Å².